The molecule has 0 heterocycles. The summed E-state index contributed by atoms with van der Waals surface area (Å²) in [6, 6.07) is 6.23. The van der Waals surface area contributed by atoms with Crippen molar-refractivity contribution >= 4 is 17.6 Å². The third-order valence-electron chi connectivity index (χ3n) is 4.40. The molecular formula is C18H26N2O3. The van der Waals surface area contributed by atoms with Crippen molar-refractivity contribution < 1.29 is 14.3 Å². The molecule has 1 saturated carbocycles. The van der Waals surface area contributed by atoms with Crippen molar-refractivity contribution in [2.75, 3.05) is 25.5 Å². The van der Waals surface area contributed by atoms with Crippen LogP contribution in [0, 0.1) is 13.8 Å². The van der Waals surface area contributed by atoms with Crippen molar-refractivity contribution in [2.45, 2.75) is 45.6 Å². The summed E-state index contributed by atoms with van der Waals surface area (Å²) in [6.07, 6.45) is 4.38. The smallest absolute Gasteiger partial charge is 0.319 e. The Kier molecular flexibility index (Phi) is 6.16. The number of esters is 1. The van der Waals surface area contributed by atoms with Crippen LogP contribution in [0.5, 0.6) is 0 Å². The Hall–Kier alpha value is -1.88. The van der Waals surface area contributed by atoms with E-state index >= 15 is 0 Å². The van der Waals surface area contributed by atoms with E-state index in [1.165, 1.54) is 12.7 Å². The molecule has 1 aliphatic rings. The molecule has 1 N–H and O–H groups in total. The summed E-state index contributed by atoms with van der Waals surface area (Å²) in [5.74, 6) is -0.385. The van der Waals surface area contributed by atoms with Crippen LogP contribution >= 0.6 is 0 Å². The van der Waals surface area contributed by atoms with E-state index in [1.54, 1.807) is 0 Å². The standard InChI is InChI=1S/C18H26N2O3/c1-13-8-9-16(14(2)10-13)19-17(21)11-20(12-18(22)23-3)15-6-4-5-7-15/h8-10,15H,4-7,11-12H2,1-3H3,(H,19,21). The predicted molar refractivity (Wildman–Crippen MR) is 90.4 cm³/mol. The number of anilines is 1. The molecule has 1 amide bonds. The minimum atomic E-state index is -0.295. The second kappa shape index (κ2) is 8.11. The molecule has 1 aromatic rings. The van der Waals surface area contributed by atoms with E-state index < -0.39 is 0 Å². The zero-order valence-electron chi connectivity index (χ0n) is 14.2. The van der Waals surface area contributed by atoms with E-state index in [4.69, 9.17) is 4.74 Å². The molecule has 0 radical (unpaired) electrons. The molecule has 0 atom stereocenters. The van der Waals surface area contributed by atoms with Gasteiger partial charge in [0.15, 0.2) is 0 Å². The van der Waals surface area contributed by atoms with Crippen LogP contribution in [0.2, 0.25) is 0 Å². The number of nitrogens with one attached hydrogen (secondary N) is 1. The van der Waals surface area contributed by atoms with Crippen molar-refractivity contribution in [1.82, 2.24) is 4.90 Å². The Morgan fingerprint density at radius 3 is 2.52 bits per heavy atom. The maximum absolute atomic E-state index is 12.4. The third kappa shape index (κ3) is 5.06. The minimum Gasteiger partial charge on any atom is -0.468 e. The lowest BCUT2D eigenvalue weighted by atomic mass is 10.1. The molecule has 0 bridgehead atoms. The van der Waals surface area contributed by atoms with Crippen LogP contribution in [0.25, 0.3) is 0 Å². The Morgan fingerprint density at radius 1 is 1.22 bits per heavy atom. The lowest BCUT2D eigenvalue weighted by Crippen LogP contribution is -2.43. The number of rotatable bonds is 6. The number of amides is 1. The first kappa shape index (κ1) is 17.5. The van der Waals surface area contributed by atoms with Gasteiger partial charge in [0.2, 0.25) is 5.91 Å². The average Bonchev–Trinajstić information content (AvgIpc) is 3.03. The summed E-state index contributed by atoms with van der Waals surface area (Å²) in [4.78, 5) is 25.9. The molecular weight excluding hydrogens is 292 g/mol. The number of aryl methyl sites for hydroxylation is 2. The largest absolute Gasteiger partial charge is 0.468 e. The molecule has 1 fully saturated rings. The van der Waals surface area contributed by atoms with Gasteiger partial charge in [-0.2, -0.15) is 0 Å². The highest BCUT2D eigenvalue weighted by Crippen LogP contribution is 2.23. The van der Waals surface area contributed by atoms with E-state index in [1.807, 2.05) is 36.9 Å². The number of carbonyl (C=O) groups excluding carboxylic acids is 2. The van der Waals surface area contributed by atoms with Crippen molar-refractivity contribution in [3.8, 4) is 0 Å². The molecule has 0 saturated heterocycles. The quantitative estimate of drug-likeness (QED) is 0.819. The molecule has 0 aromatic heterocycles. The summed E-state index contributed by atoms with van der Waals surface area (Å²) in [5.41, 5.74) is 3.03. The number of ether oxygens (including phenoxy) is 1. The van der Waals surface area contributed by atoms with Crippen LogP contribution in [-0.2, 0) is 14.3 Å². The number of nitrogens with zero attached hydrogens (tertiary/aromatic N) is 1. The van der Waals surface area contributed by atoms with Gasteiger partial charge in [-0.05, 0) is 38.3 Å². The molecule has 5 heteroatoms. The van der Waals surface area contributed by atoms with Crippen molar-refractivity contribution in [1.29, 1.82) is 0 Å². The molecule has 2 rings (SSSR count). The second-order valence-corrected chi connectivity index (χ2v) is 6.29. The van der Waals surface area contributed by atoms with Crippen LogP contribution in [0.4, 0.5) is 5.69 Å². The second-order valence-electron chi connectivity index (χ2n) is 6.29. The highest BCUT2D eigenvalue weighted by atomic mass is 16.5. The first-order valence-corrected chi connectivity index (χ1v) is 8.17. The first-order chi connectivity index (χ1) is 11.0. The summed E-state index contributed by atoms with van der Waals surface area (Å²) in [7, 11) is 1.38. The molecule has 0 aliphatic heterocycles. The fourth-order valence-electron chi connectivity index (χ4n) is 3.14. The Bertz CT molecular complexity index is 565. The molecule has 0 spiro atoms. The van der Waals surface area contributed by atoms with E-state index in [-0.39, 0.29) is 25.0 Å². The van der Waals surface area contributed by atoms with E-state index in [0.717, 1.165) is 36.9 Å². The van der Waals surface area contributed by atoms with E-state index in [0.29, 0.717) is 6.04 Å². The van der Waals surface area contributed by atoms with Gasteiger partial charge in [-0.15, -0.1) is 0 Å². The lowest BCUT2D eigenvalue weighted by Gasteiger charge is -2.27. The maximum atomic E-state index is 12.4. The van der Waals surface area contributed by atoms with Gasteiger partial charge >= 0.3 is 5.97 Å². The fraction of sp³-hybridized carbons (Fsp3) is 0.556. The van der Waals surface area contributed by atoms with Gasteiger partial charge in [-0.25, -0.2) is 0 Å². The lowest BCUT2D eigenvalue weighted by molar-refractivity contribution is -0.142. The number of benzene rings is 1. The Labute approximate surface area is 138 Å². The minimum absolute atomic E-state index is 0.0900. The molecule has 126 valence electrons. The predicted octanol–water partition coefficient (Wildman–Crippen LogP) is 2.66. The van der Waals surface area contributed by atoms with E-state index in [9.17, 15) is 9.59 Å². The summed E-state index contributed by atoms with van der Waals surface area (Å²) in [6.45, 7) is 4.39. The van der Waals surface area contributed by atoms with Crippen LogP contribution in [0.3, 0.4) is 0 Å². The number of methoxy groups -OCH3 is 1. The van der Waals surface area contributed by atoms with E-state index in [2.05, 4.69) is 5.32 Å². The topological polar surface area (TPSA) is 58.6 Å². The van der Waals surface area contributed by atoms with Gasteiger partial charge in [0.05, 0.1) is 20.2 Å². The van der Waals surface area contributed by atoms with Gasteiger partial charge < -0.3 is 10.1 Å². The van der Waals surface area contributed by atoms with Gasteiger partial charge in [0, 0.05) is 11.7 Å². The summed E-state index contributed by atoms with van der Waals surface area (Å²) >= 11 is 0. The van der Waals surface area contributed by atoms with Crippen LogP contribution in [0.15, 0.2) is 18.2 Å². The van der Waals surface area contributed by atoms with Crippen molar-refractivity contribution in [2.24, 2.45) is 0 Å². The normalized spacial score (nSPS) is 15.0. The zero-order chi connectivity index (χ0) is 16.8. The maximum Gasteiger partial charge on any atom is 0.319 e. The van der Waals surface area contributed by atoms with Crippen LogP contribution < -0.4 is 5.32 Å². The summed E-state index contributed by atoms with van der Waals surface area (Å²) in [5, 5.41) is 2.95. The third-order valence-corrected chi connectivity index (χ3v) is 4.40. The molecule has 1 aliphatic carbocycles. The monoisotopic (exact) mass is 318 g/mol. The average molecular weight is 318 g/mol. The zero-order valence-corrected chi connectivity index (χ0v) is 14.2. The van der Waals surface area contributed by atoms with Crippen molar-refractivity contribution in [3.05, 3.63) is 29.3 Å². The number of carbonyl (C=O) groups is 2. The fourth-order valence-corrected chi connectivity index (χ4v) is 3.14. The van der Waals surface area contributed by atoms with Crippen molar-refractivity contribution in [3.63, 3.8) is 0 Å². The van der Waals surface area contributed by atoms with Gasteiger partial charge in [0.25, 0.3) is 0 Å². The number of hydrogen-bond donors (Lipinski definition) is 1. The Balaban J connectivity index is 1.99. The highest BCUT2D eigenvalue weighted by molar-refractivity contribution is 5.93. The molecule has 5 nitrogen and oxygen atoms in total. The highest BCUT2D eigenvalue weighted by Gasteiger charge is 2.26. The molecule has 1 aromatic carbocycles. The van der Waals surface area contributed by atoms with Gasteiger partial charge in [-0.3, -0.25) is 14.5 Å². The molecule has 0 unspecified atom stereocenters. The van der Waals surface area contributed by atoms with Gasteiger partial charge in [-0.1, -0.05) is 30.5 Å². The summed E-state index contributed by atoms with van der Waals surface area (Å²) < 4.78 is 4.76. The SMILES string of the molecule is COC(=O)CN(CC(=O)Nc1ccc(C)cc1C)C1CCCC1. The Morgan fingerprint density at radius 2 is 1.91 bits per heavy atom. The van der Waals surface area contributed by atoms with Crippen LogP contribution in [0.1, 0.15) is 36.8 Å². The number of hydrogen-bond acceptors (Lipinski definition) is 4. The molecule has 23 heavy (non-hydrogen) atoms. The first-order valence-electron chi connectivity index (χ1n) is 8.17. The van der Waals surface area contributed by atoms with Crippen LogP contribution in [-0.4, -0.2) is 43.0 Å². The van der Waals surface area contributed by atoms with Gasteiger partial charge in [0.1, 0.15) is 0 Å².